The Balaban J connectivity index is 3.30. The van der Waals surface area contributed by atoms with Crippen LogP contribution >= 0.6 is 0 Å². The summed E-state index contributed by atoms with van der Waals surface area (Å²) in [6.07, 6.45) is -4.61. The summed E-state index contributed by atoms with van der Waals surface area (Å²) in [5.74, 6) is 0. The summed E-state index contributed by atoms with van der Waals surface area (Å²) in [7, 11) is -4.10. The van der Waals surface area contributed by atoms with Crippen molar-refractivity contribution in [2.45, 2.75) is 31.0 Å². The van der Waals surface area contributed by atoms with E-state index < -0.39 is 39.3 Å². The Kier molecular flexibility index (Phi) is 4.59. The Morgan fingerprint density at radius 3 is 2.42 bits per heavy atom. The fourth-order valence-electron chi connectivity index (χ4n) is 1.58. The van der Waals surface area contributed by atoms with Gasteiger partial charge >= 0.3 is 6.18 Å². The Morgan fingerprint density at radius 2 is 1.95 bits per heavy atom. The van der Waals surface area contributed by atoms with Gasteiger partial charge in [0.1, 0.15) is 0 Å². The average molecular weight is 297 g/mol. The molecule has 0 aliphatic rings. The van der Waals surface area contributed by atoms with Crippen LogP contribution in [0.3, 0.4) is 0 Å². The molecule has 1 unspecified atom stereocenters. The van der Waals surface area contributed by atoms with Crippen LogP contribution < -0.4 is 4.72 Å². The number of hydrogen-bond donors (Lipinski definition) is 2. The van der Waals surface area contributed by atoms with Crippen molar-refractivity contribution in [3.8, 4) is 0 Å². The molecular formula is C11H14F3NO3S. The molecule has 0 aromatic heterocycles. The molecule has 108 valence electrons. The van der Waals surface area contributed by atoms with E-state index in [1.807, 2.05) is 0 Å². The van der Waals surface area contributed by atoms with Gasteiger partial charge in [-0.25, -0.2) is 13.1 Å². The summed E-state index contributed by atoms with van der Waals surface area (Å²) < 4.78 is 64.0. The second-order valence-corrected chi connectivity index (χ2v) is 5.81. The molecule has 0 radical (unpaired) electrons. The third-order valence-electron chi connectivity index (χ3n) is 2.51. The van der Waals surface area contributed by atoms with E-state index in [1.165, 1.54) is 6.92 Å². The highest BCUT2D eigenvalue weighted by molar-refractivity contribution is 7.89. The van der Waals surface area contributed by atoms with Gasteiger partial charge in [-0.1, -0.05) is 6.07 Å². The number of hydrogen-bond acceptors (Lipinski definition) is 3. The van der Waals surface area contributed by atoms with E-state index in [4.69, 9.17) is 5.11 Å². The van der Waals surface area contributed by atoms with Crippen molar-refractivity contribution in [3.05, 3.63) is 29.3 Å². The predicted molar refractivity (Wildman–Crippen MR) is 63.1 cm³/mol. The monoisotopic (exact) mass is 297 g/mol. The van der Waals surface area contributed by atoms with Crippen LogP contribution in [0.5, 0.6) is 0 Å². The molecule has 0 fully saturated rings. The number of sulfonamides is 1. The van der Waals surface area contributed by atoms with Crippen LogP contribution in [0.1, 0.15) is 18.1 Å². The number of rotatable bonds is 4. The van der Waals surface area contributed by atoms with Crippen molar-refractivity contribution < 1.29 is 26.7 Å². The quantitative estimate of drug-likeness (QED) is 0.888. The van der Waals surface area contributed by atoms with Gasteiger partial charge in [-0.15, -0.1) is 0 Å². The second-order valence-electron chi connectivity index (χ2n) is 4.13. The van der Waals surface area contributed by atoms with Crippen LogP contribution in [0.4, 0.5) is 13.2 Å². The number of aliphatic hydroxyl groups is 1. The van der Waals surface area contributed by atoms with Crippen molar-refractivity contribution in [2.24, 2.45) is 0 Å². The zero-order valence-corrected chi connectivity index (χ0v) is 11.1. The molecule has 19 heavy (non-hydrogen) atoms. The summed E-state index contributed by atoms with van der Waals surface area (Å²) >= 11 is 0. The lowest BCUT2D eigenvalue weighted by atomic mass is 10.1. The minimum absolute atomic E-state index is 0.368. The average Bonchev–Trinajstić information content (AvgIpc) is 2.26. The number of alkyl halides is 3. The first-order chi connectivity index (χ1) is 8.59. The van der Waals surface area contributed by atoms with E-state index in [0.29, 0.717) is 0 Å². The maximum Gasteiger partial charge on any atom is 0.416 e. The lowest BCUT2D eigenvalue weighted by Crippen LogP contribution is -2.35. The Hall–Kier alpha value is -1.12. The molecule has 8 heteroatoms. The van der Waals surface area contributed by atoms with Crippen LogP contribution in [-0.4, -0.2) is 26.2 Å². The number of halogens is 3. The van der Waals surface area contributed by atoms with Crippen molar-refractivity contribution >= 4 is 10.0 Å². The lowest BCUT2D eigenvalue weighted by molar-refractivity contribution is -0.138. The molecule has 0 saturated carbocycles. The standard InChI is InChI=1S/C11H14F3NO3S/c1-7(6-16)15-19(17,18)10-5-3-4-9(8(10)2)11(12,13)14/h3-5,7,15-16H,6H2,1-2H3. The summed E-state index contributed by atoms with van der Waals surface area (Å²) in [5.41, 5.74) is -1.36. The van der Waals surface area contributed by atoms with Crippen LogP contribution in [0, 0.1) is 6.92 Å². The molecule has 2 N–H and O–H groups in total. The highest BCUT2D eigenvalue weighted by Crippen LogP contribution is 2.34. The molecule has 0 amide bonds. The van der Waals surface area contributed by atoms with Crippen molar-refractivity contribution in [1.29, 1.82) is 0 Å². The number of benzene rings is 1. The van der Waals surface area contributed by atoms with Gasteiger partial charge < -0.3 is 5.11 Å². The first-order valence-corrected chi connectivity index (χ1v) is 6.88. The van der Waals surface area contributed by atoms with E-state index in [-0.39, 0.29) is 5.56 Å². The summed E-state index contributed by atoms with van der Waals surface area (Å²) in [4.78, 5) is -0.442. The third-order valence-corrected chi connectivity index (χ3v) is 4.24. The van der Waals surface area contributed by atoms with Gasteiger partial charge in [-0.2, -0.15) is 13.2 Å². The first-order valence-electron chi connectivity index (χ1n) is 5.39. The molecule has 0 saturated heterocycles. The smallest absolute Gasteiger partial charge is 0.395 e. The Morgan fingerprint density at radius 1 is 1.37 bits per heavy atom. The number of aliphatic hydroxyl groups excluding tert-OH is 1. The zero-order valence-electron chi connectivity index (χ0n) is 10.3. The molecule has 0 bridgehead atoms. The zero-order chi connectivity index (χ0) is 14.8. The molecule has 0 aliphatic heterocycles. The fourth-order valence-corrected chi connectivity index (χ4v) is 3.08. The van der Waals surface area contributed by atoms with Gasteiger partial charge in [0.15, 0.2) is 0 Å². The topological polar surface area (TPSA) is 66.4 Å². The van der Waals surface area contributed by atoms with Crippen LogP contribution in [0.15, 0.2) is 23.1 Å². The largest absolute Gasteiger partial charge is 0.416 e. The van der Waals surface area contributed by atoms with Gasteiger partial charge in [0.2, 0.25) is 10.0 Å². The summed E-state index contributed by atoms with van der Waals surface area (Å²) in [6.45, 7) is 2.05. The molecule has 1 atom stereocenters. The van der Waals surface area contributed by atoms with Crippen LogP contribution in [0.2, 0.25) is 0 Å². The third kappa shape index (κ3) is 3.68. The minimum atomic E-state index is -4.61. The SMILES string of the molecule is Cc1c(C(F)(F)F)cccc1S(=O)(=O)NC(C)CO. The molecule has 1 aromatic rings. The number of nitrogens with one attached hydrogen (secondary N) is 1. The van der Waals surface area contributed by atoms with Crippen LogP contribution in [-0.2, 0) is 16.2 Å². The molecular weight excluding hydrogens is 283 g/mol. The second kappa shape index (κ2) is 5.48. The van der Waals surface area contributed by atoms with Gasteiger partial charge in [0.05, 0.1) is 17.1 Å². The van der Waals surface area contributed by atoms with E-state index in [9.17, 15) is 21.6 Å². The molecule has 0 heterocycles. The molecule has 0 spiro atoms. The van der Waals surface area contributed by atoms with E-state index in [0.717, 1.165) is 25.1 Å². The minimum Gasteiger partial charge on any atom is -0.395 e. The maximum atomic E-state index is 12.7. The van der Waals surface area contributed by atoms with E-state index in [1.54, 1.807) is 0 Å². The molecule has 1 aromatic carbocycles. The van der Waals surface area contributed by atoms with Gasteiger partial charge in [-0.3, -0.25) is 0 Å². The van der Waals surface area contributed by atoms with Gasteiger partial charge in [-0.05, 0) is 31.5 Å². The normalized spacial score (nSPS) is 14.4. The Labute approximate surface area is 109 Å². The first kappa shape index (κ1) is 15.9. The Bertz CT molecular complexity index is 555. The molecule has 0 aliphatic carbocycles. The van der Waals surface area contributed by atoms with Gasteiger partial charge in [0, 0.05) is 6.04 Å². The molecule has 1 rings (SSSR count). The lowest BCUT2D eigenvalue weighted by Gasteiger charge is -2.16. The summed E-state index contributed by atoms with van der Waals surface area (Å²) in [6, 6.07) is 2.17. The van der Waals surface area contributed by atoms with Crippen LogP contribution in [0.25, 0.3) is 0 Å². The fraction of sp³-hybridized carbons (Fsp3) is 0.455. The maximum absolute atomic E-state index is 12.7. The summed E-state index contributed by atoms with van der Waals surface area (Å²) in [5, 5.41) is 8.79. The van der Waals surface area contributed by atoms with Crippen molar-refractivity contribution in [3.63, 3.8) is 0 Å². The van der Waals surface area contributed by atoms with Crippen molar-refractivity contribution in [1.82, 2.24) is 4.72 Å². The van der Waals surface area contributed by atoms with Gasteiger partial charge in [0.25, 0.3) is 0 Å². The van der Waals surface area contributed by atoms with Crippen molar-refractivity contribution in [2.75, 3.05) is 6.61 Å². The van der Waals surface area contributed by atoms with E-state index >= 15 is 0 Å². The highest BCUT2D eigenvalue weighted by Gasteiger charge is 2.34. The predicted octanol–water partition coefficient (Wildman–Crippen LogP) is 1.67. The van der Waals surface area contributed by atoms with E-state index in [2.05, 4.69) is 4.72 Å². The molecule has 4 nitrogen and oxygen atoms in total. The highest BCUT2D eigenvalue weighted by atomic mass is 32.2.